The highest BCUT2D eigenvalue weighted by Crippen LogP contribution is 2.30. The summed E-state index contributed by atoms with van der Waals surface area (Å²) in [7, 11) is -3.40. The Labute approximate surface area is 165 Å². The maximum Gasteiger partial charge on any atom is 0.466 e. The average molecular weight is 439 g/mol. The highest BCUT2D eigenvalue weighted by atomic mass is 32.3. The van der Waals surface area contributed by atoms with E-state index in [-0.39, 0.29) is 11.5 Å². The fourth-order valence-electron chi connectivity index (χ4n) is 2.44. The first-order chi connectivity index (χ1) is 13.1. The van der Waals surface area contributed by atoms with E-state index >= 15 is 0 Å². The van der Waals surface area contributed by atoms with Crippen LogP contribution in [0, 0.1) is 0 Å². The highest BCUT2D eigenvalue weighted by molar-refractivity contribution is 8.14. The monoisotopic (exact) mass is 439 g/mol. The van der Waals surface area contributed by atoms with Gasteiger partial charge in [0.1, 0.15) is 40.6 Å². The molecule has 2 rings (SSSR count). The summed E-state index contributed by atoms with van der Waals surface area (Å²) in [6, 6.07) is 6.73. The van der Waals surface area contributed by atoms with Gasteiger partial charge < -0.3 is 29.9 Å². The van der Waals surface area contributed by atoms with Crippen LogP contribution in [-0.4, -0.2) is 82.0 Å². The van der Waals surface area contributed by atoms with Crippen molar-refractivity contribution in [2.75, 3.05) is 13.7 Å². The molecular weight excluding hydrogens is 418 g/mol. The molecule has 11 nitrogen and oxygen atoms in total. The van der Waals surface area contributed by atoms with Crippen LogP contribution in [0.4, 0.5) is 0 Å². The number of thioether (sulfide) groups is 1. The van der Waals surface area contributed by atoms with Gasteiger partial charge in [0.2, 0.25) is 0 Å². The van der Waals surface area contributed by atoms with Crippen LogP contribution in [0.25, 0.3) is 0 Å². The molecule has 1 fully saturated rings. The van der Waals surface area contributed by atoms with Crippen LogP contribution in [0.3, 0.4) is 0 Å². The summed E-state index contributed by atoms with van der Waals surface area (Å²) in [5.41, 5.74) is -0.570. The molecule has 5 atom stereocenters. The normalized spacial score (nSPS) is 28.8. The Morgan fingerprint density at radius 2 is 1.96 bits per heavy atom. The fraction of sp³-hybridized carbons (Fsp3) is 0.533. The number of aliphatic hydroxyl groups excluding tert-OH is 4. The van der Waals surface area contributed by atoms with Crippen LogP contribution >= 0.6 is 11.8 Å². The Kier molecular flexibility index (Phi) is 8.03. The van der Waals surface area contributed by atoms with Crippen LogP contribution in [0.15, 0.2) is 29.4 Å². The predicted molar refractivity (Wildman–Crippen MR) is 98.1 cm³/mol. The second-order valence-corrected chi connectivity index (χ2v) is 8.01. The quantitative estimate of drug-likeness (QED) is 0.151. The van der Waals surface area contributed by atoms with Crippen molar-refractivity contribution < 1.29 is 47.2 Å². The second-order valence-electron chi connectivity index (χ2n) is 5.83. The Bertz CT molecular complexity index is 785. The van der Waals surface area contributed by atoms with Crippen LogP contribution in [0.1, 0.15) is 5.56 Å². The highest BCUT2D eigenvalue weighted by Gasteiger charge is 2.44. The van der Waals surface area contributed by atoms with E-state index < -0.39 is 46.9 Å². The molecule has 1 saturated heterocycles. The standard InChI is InChI=1S/C15H21NO10S2/c1-24-9-4-2-3-8(5-9)6-11(16-26-28(21,22)23)27-15-14(20)13(19)12(18)10(7-17)25-15/h2-5,10,12-15,17-20H,6-7H2,1H3,(H,21,22,23)/b16-11-. The third kappa shape index (κ3) is 6.28. The largest absolute Gasteiger partial charge is 0.497 e. The number of methoxy groups -OCH3 is 1. The summed E-state index contributed by atoms with van der Waals surface area (Å²) in [6.07, 6.45) is -5.85. The lowest BCUT2D eigenvalue weighted by molar-refractivity contribution is -0.205. The molecule has 5 unspecified atom stereocenters. The summed E-state index contributed by atoms with van der Waals surface area (Å²) >= 11 is 0.702. The molecule has 0 amide bonds. The molecule has 1 aromatic rings. The molecule has 0 radical (unpaired) electrons. The van der Waals surface area contributed by atoms with Gasteiger partial charge in [0.05, 0.1) is 13.7 Å². The zero-order chi connectivity index (χ0) is 20.9. The minimum absolute atomic E-state index is 0.00636. The lowest BCUT2D eigenvalue weighted by atomic mass is 10.0. The SMILES string of the molecule is COc1cccc(C/C(=N/OS(=O)(=O)O)SC2OC(CO)C(O)C(O)C2O)c1. The Morgan fingerprint density at radius 3 is 2.57 bits per heavy atom. The van der Waals surface area contributed by atoms with Crippen LogP contribution < -0.4 is 4.74 Å². The molecule has 1 aliphatic rings. The summed E-state index contributed by atoms with van der Waals surface area (Å²) in [4.78, 5) is 0. The van der Waals surface area contributed by atoms with E-state index in [2.05, 4.69) is 9.44 Å². The number of aliphatic hydroxyl groups is 4. The minimum atomic E-state index is -4.87. The van der Waals surface area contributed by atoms with E-state index in [0.29, 0.717) is 23.1 Å². The summed E-state index contributed by atoms with van der Waals surface area (Å²) in [6.45, 7) is -0.619. The van der Waals surface area contributed by atoms with Gasteiger partial charge in [0.15, 0.2) is 0 Å². The average Bonchev–Trinajstić information content (AvgIpc) is 2.66. The number of oxime groups is 1. The van der Waals surface area contributed by atoms with Gasteiger partial charge in [-0.25, -0.2) is 4.28 Å². The van der Waals surface area contributed by atoms with Crippen molar-refractivity contribution >= 4 is 27.2 Å². The van der Waals surface area contributed by atoms with E-state index in [4.69, 9.17) is 14.0 Å². The number of rotatable bonds is 7. The topological polar surface area (TPSA) is 175 Å². The molecule has 0 aromatic heterocycles. The molecule has 28 heavy (non-hydrogen) atoms. The molecule has 158 valence electrons. The van der Waals surface area contributed by atoms with Crippen molar-refractivity contribution in [1.82, 2.24) is 0 Å². The summed E-state index contributed by atoms with van der Waals surface area (Å²) in [5, 5.41) is 42.4. The van der Waals surface area contributed by atoms with Gasteiger partial charge in [0, 0.05) is 6.42 Å². The predicted octanol–water partition coefficient (Wildman–Crippen LogP) is -1.10. The molecular formula is C15H21NO10S2. The summed E-state index contributed by atoms with van der Waals surface area (Å²) in [5.74, 6) is 0.533. The number of hydrogen-bond acceptors (Lipinski definition) is 11. The minimum Gasteiger partial charge on any atom is -0.497 e. The van der Waals surface area contributed by atoms with Gasteiger partial charge in [-0.3, -0.25) is 4.55 Å². The van der Waals surface area contributed by atoms with E-state index in [0.717, 1.165) is 0 Å². The van der Waals surface area contributed by atoms with E-state index in [1.165, 1.54) is 7.11 Å². The first-order valence-corrected chi connectivity index (χ1v) is 10.2. The number of benzene rings is 1. The number of ether oxygens (including phenoxy) is 2. The van der Waals surface area contributed by atoms with Crippen LogP contribution in [0.2, 0.25) is 0 Å². The Hall–Kier alpha value is -1.45. The number of nitrogens with zero attached hydrogens (tertiary/aromatic N) is 1. The third-order valence-corrected chi connectivity index (χ3v) is 5.20. The first-order valence-electron chi connectivity index (χ1n) is 7.97. The van der Waals surface area contributed by atoms with Crippen LogP contribution in [0.5, 0.6) is 5.75 Å². The fourth-order valence-corrected chi connectivity index (χ4v) is 3.77. The first kappa shape index (κ1) is 22.8. The Morgan fingerprint density at radius 1 is 1.25 bits per heavy atom. The van der Waals surface area contributed by atoms with Crippen molar-refractivity contribution in [1.29, 1.82) is 0 Å². The van der Waals surface area contributed by atoms with Gasteiger partial charge >= 0.3 is 10.4 Å². The summed E-state index contributed by atoms with van der Waals surface area (Å²) < 4.78 is 45.0. The third-order valence-electron chi connectivity index (χ3n) is 3.82. The maximum atomic E-state index is 10.8. The van der Waals surface area contributed by atoms with Gasteiger partial charge in [-0.05, 0) is 17.7 Å². The van der Waals surface area contributed by atoms with Crippen molar-refractivity contribution in [3.05, 3.63) is 29.8 Å². The van der Waals surface area contributed by atoms with Crippen molar-refractivity contribution in [3.8, 4) is 5.75 Å². The zero-order valence-corrected chi connectivity index (χ0v) is 16.3. The maximum absolute atomic E-state index is 10.8. The lowest BCUT2D eigenvalue weighted by Gasteiger charge is -2.39. The smallest absolute Gasteiger partial charge is 0.466 e. The molecule has 0 saturated carbocycles. The lowest BCUT2D eigenvalue weighted by Crippen LogP contribution is -2.57. The van der Waals surface area contributed by atoms with Gasteiger partial charge in [0.25, 0.3) is 0 Å². The van der Waals surface area contributed by atoms with Crippen molar-refractivity contribution in [2.45, 2.75) is 36.3 Å². The Balaban J connectivity index is 2.23. The van der Waals surface area contributed by atoms with E-state index in [1.807, 2.05) is 0 Å². The molecule has 0 spiro atoms. The molecule has 1 heterocycles. The van der Waals surface area contributed by atoms with E-state index in [9.17, 15) is 28.8 Å². The van der Waals surface area contributed by atoms with Gasteiger partial charge in [-0.2, -0.15) is 8.42 Å². The van der Waals surface area contributed by atoms with Gasteiger partial charge in [-0.15, -0.1) is 0 Å². The molecule has 1 aliphatic heterocycles. The van der Waals surface area contributed by atoms with Crippen LogP contribution in [-0.2, 0) is 25.8 Å². The van der Waals surface area contributed by atoms with Crippen molar-refractivity contribution in [3.63, 3.8) is 0 Å². The van der Waals surface area contributed by atoms with E-state index in [1.54, 1.807) is 24.3 Å². The molecule has 13 heteroatoms. The van der Waals surface area contributed by atoms with Gasteiger partial charge in [-0.1, -0.05) is 29.1 Å². The molecule has 0 bridgehead atoms. The molecule has 1 aromatic carbocycles. The second kappa shape index (κ2) is 9.84. The van der Waals surface area contributed by atoms with Crippen molar-refractivity contribution in [2.24, 2.45) is 5.16 Å². The molecule has 5 N–H and O–H groups in total. The zero-order valence-electron chi connectivity index (χ0n) is 14.7. The molecule has 0 aliphatic carbocycles. The number of hydrogen-bond donors (Lipinski definition) is 5.